The fourth-order valence-electron chi connectivity index (χ4n) is 1.83. The first-order valence-electron chi connectivity index (χ1n) is 5.92. The molecule has 0 aromatic rings. The normalized spacial score (nSPS) is 21.4. The average Bonchev–Trinajstić information content (AvgIpc) is 3.02. The Morgan fingerprint density at radius 1 is 1.60 bits per heavy atom. The fourth-order valence-corrected chi connectivity index (χ4v) is 1.83. The van der Waals surface area contributed by atoms with E-state index in [1.807, 2.05) is 4.90 Å². The van der Waals surface area contributed by atoms with E-state index in [-0.39, 0.29) is 0 Å². The van der Waals surface area contributed by atoms with E-state index in [9.17, 15) is 4.79 Å². The highest BCUT2D eigenvalue weighted by Gasteiger charge is 2.21. The summed E-state index contributed by atoms with van der Waals surface area (Å²) >= 11 is 0. The summed E-state index contributed by atoms with van der Waals surface area (Å²) in [7, 11) is 0. The van der Waals surface area contributed by atoms with Gasteiger partial charge in [-0.05, 0) is 26.2 Å². The molecule has 1 fully saturated rings. The zero-order valence-electron chi connectivity index (χ0n) is 9.46. The molecule has 0 atom stereocenters. The summed E-state index contributed by atoms with van der Waals surface area (Å²) in [5.74, 6) is 0.298. The number of nitrogens with one attached hydrogen (secondary N) is 1. The molecular formula is C12H20N2O. The van der Waals surface area contributed by atoms with E-state index >= 15 is 0 Å². The maximum atomic E-state index is 11.8. The molecule has 1 amide bonds. The maximum Gasteiger partial charge on any atom is 0.224 e. The highest BCUT2D eigenvalue weighted by atomic mass is 16.2. The second-order valence-corrected chi connectivity index (χ2v) is 4.62. The van der Waals surface area contributed by atoms with Gasteiger partial charge in [0, 0.05) is 32.1 Å². The molecule has 1 N–H and O–H groups in total. The maximum absolute atomic E-state index is 11.8. The van der Waals surface area contributed by atoms with Crippen molar-refractivity contribution in [3.05, 3.63) is 11.6 Å². The molecule has 0 unspecified atom stereocenters. The number of carbonyl (C=O) groups is 1. The highest BCUT2D eigenvalue weighted by Crippen LogP contribution is 2.18. The van der Waals surface area contributed by atoms with E-state index in [2.05, 4.69) is 18.3 Å². The summed E-state index contributed by atoms with van der Waals surface area (Å²) in [4.78, 5) is 13.7. The topological polar surface area (TPSA) is 32.3 Å². The first-order chi connectivity index (χ1) is 7.25. The first-order valence-corrected chi connectivity index (χ1v) is 5.92. The van der Waals surface area contributed by atoms with Gasteiger partial charge in [-0.15, -0.1) is 0 Å². The zero-order chi connectivity index (χ0) is 10.7. The molecule has 2 rings (SSSR count). The van der Waals surface area contributed by atoms with Gasteiger partial charge in [-0.2, -0.15) is 0 Å². The minimum Gasteiger partial charge on any atom is -0.339 e. The van der Waals surface area contributed by atoms with Crippen LogP contribution in [0.1, 0.15) is 32.6 Å². The monoisotopic (exact) mass is 208 g/mol. The standard InChI is InChI=1S/C12H20N2O/c1-10-5-8-14(9-6-10)12(15)4-7-13-11-2-3-11/h5,11,13H,2-4,6-9H2,1H3. The van der Waals surface area contributed by atoms with Crippen LogP contribution in [-0.4, -0.2) is 36.5 Å². The largest absolute Gasteiger partial charge is 0.339 e. The molecule has 0 saturated heterocycles. The minimum atomic E-state index is 0.298. The molecule has 3 nitrogen and oxygen atoms in total. The van der Waals surface area contributed by atoms with Crippen molar-refractivity contribution >= 4 is 5.91 Å². The van der Waals surface area contributed by atoms with Gasteiger partial charge in [0.15, 0.2) is 0 Å². The molecule has 0 radical (unpaired) electrons. The Morgan fingerprint density at radius 3 is 3.00 bits per heavy atom. The number of amides is 1. The lowest BCUT2D eigenvalue weighted by Crippen LogP contribution is -2.36. The minimum absolute atomic E-state index is 0.298. The molecule has 3 heteroatoms. The summed E-state index contributed by atoms with van der Waals surface area (Å²) < 4.78 is 0. The zero-order valence-corrected chi connectivity index (χ0v) is 9.46. The van der Waals surface area contributed by atoms with E-state index in [0.29, 0.717) is 18.4 Å². The van der Waals surface area contributed by atoms with Crippen molar-refractivity contribution in [2.24, 2.45) is 0 Å². The van der Waals surface area contributed by atoms with Crippen molar-refractivity contribution < 1.29 is 4.79 Å². The third-order valence-electron chi connectivity index (χ3n) is 3.14. The Morgan fingerprint density at radius 2 is 2.40 bits per heavy atom. The molecular weight excluding hydrogens is 188 g/mol. The number of hydrogen-bond donors (Lipinski definition) is 1. The van der Waals surface area contributed by atoms with E-state index in [4.69, 9.17) is 0 Å². The van der Waals surface area contributed by atoms with Crippen molar-refractivity contribution in [1.82, 2.24) is 10.2 Å². The molecule has 84 valence electrons. The highest BCUT2D eigenvalue weighted by molar-refractivity contribution is 5.76. The van der Waals surface area contributed by atoms with Crippen LogP contribution >= 0.6 is 0 Å². The Labute approximate surface area is 91.5 Å². The smallest absolute Gasteiger partial charge is 0.224 e. The van der Waals surface area contributed by atoms with Crippen LogP contribution in [0.4, 0.5) is 0 Å². The lowest BCUT2D eigenvalue weighted by Gasteiger charge is -2.25. The van der Waals surface area contributed by atoms with Crippen molar-refractivity contribution in [2.75, 3.05) is 19.6 Å². The number of carbonyl (C=O) groups excluding carboxylic acids is 1. The van der Waals surface area contributed by atoms with Crippen LogP contribution in [0.15, 0.2) is 11.6 Å². The number of nitrogens with zero attached hydrogens (tertiary/aromatic N) is 1. The summed E-state index contributed by atoms with van der Waals surface area (Å²) in [5, 5.41) is 3.37. The van der Waals surface area contributed by atoms with Gasteiger partial charge in [-0.3, -0.25) is 4.79 Å². The molecule has 0 spiro atoms. The van der Waals surface area contributed by atoms with Crippen molar-refractivity contribution in [3.8, 4) is 0 Å². The number of hydrogen-bond acceptors (Lipinski definition) is 2. The Bertz CT molecular complexity index is 269. The van der Waals surface area contributed by atoms with Gasteiger partial charge in [0.1, 0.15) is 0 Å². The molecule has 0 bridgehead atoms. The Balaban J connectivity index is 1.66. The van der Waals surface area contributed by atoms with Crippen LogP contribution < -0.4 is 5.32 Å². The molecule has 0 aromatic carbocycles. The van der Waals surface area contributed by atoms with Crippen LogP contribution in [0.5, 0.6) is 0 Å². The van der Waals surface area contributed by atoms with Gasteiger partial charge in [-0.1, -0.05) is 11.6 Å². The molecule has 1 heterocycles. The Hall–Kier alpha value is -0.830. The van der Waals surface area contributed by atoms with Gasteiger partial charge >= 0.3 is 0 Å². The lowest BCUT2D eigenvalue weighted by atomic mass is 10.1. The second-order valence-electron chi connectivity index (χ2n) is 4.62. The lowest BCUT2D eigenvalue weighted by molar-refractivity contribution is -0.130. The molecule has 1 saturated carbocycles. The summed E-state index contributed by atoms with van der Waals surface area (Å²) in [6.45, 7) is 4.71. The van der Waals surface area contributed by atoms with E-state index < -0.39 is 0 Å². The van der Waals surface area contributed by atoms with Crippen molar-refractivity contribution in [1.29, 1.82) is 0 Å². The van der Waals surface area contributed by atoms with E-state index in [1.54, 1.807) is 0 Å². The van der Waals surface area contributed by atoms with Crippen LogP contribution in [-0.2, 0) is 4.79 Å². The fraction of sp³-hybridized carbons (Fsp3) is 0.750. The van der Waals surface area contributed by atoms with E-state index in [1.165, 1.54) is 18.4 Å². The summed E-state index contributed by atoms with van der Waals surface area (Å²) in [5.41, 5.74) is 1.41. The van der Waals surface area contributed by atoms with Crippen LogP contribution in [0.3, 0.4) is 0 Å². The molecule has 0 aromatic heterocycles. The van der Waals surface area contributed by atoms with Crippen molar-refractivity contribution in [3.63, 3.8) is 0 Å². The van der Waals surface area contributed by atoms with Gasteiger partial charge in [0.25, 0.3) is 0 Å². The summed E-state index contributed by atoms with van der Waals surface area (Å²) in [6, 6.07) is 0.710. The average molecular weight is 208 g/mol. The molecule has 15 heavy (non-hydrogen) atoms. The second kappa shape index (κ2) is 4.79. The summed E-state index contributed by atoms with van der Waals surface area (Å²) in [6.07, 6.45) is 6.45. The number of rotatable bonds is 4. The third kappa shape index (κ3) is 3.34. The molecule has 1 aliphatic carbocycles. The Kier molecular flexibility index (Phi) is 3.41. The third-order valence-corrected chi connectivity index (χ3v) is 3.14. The van der Waals surface area contributed by atoms with Crippen molar-refractivity contribution in [2.45, 2.75) is 38.6 Å². The predicted molar refractivity (Wildman–Crippen MR) is 60.6 cm³/mol. The van der Waals surface area contributed by atoms with Gasteiger partial charge in [-0.25, -0.2) is 0 Å². The SMILES string of the molecule is CC1=CCN(C(=O)CCNC2CC2)CC1. The van der Waals surface area contributed by atoms with Crippen LogP contribution in [0, 0.1) is 0 Å². The van der Waals surface area contributed by atoms with Gasteiger partial charge in [0.05, 0.1) is 0 Å². The predicted octanol–water partition coefficient (Wildman–Crippen LogP) is 1.31. The van der Waals surface area contributed by atoms with Crippen LogP contribution in [0.2, 0.25) is 0 Å². The van der Waals surface area contributed by atoms with E-state index in [0.717, 1.165) is 26.1 Å². The molecule has 1 aliphatic heterocycles. The van der Waals surface area contributed by atoms with Gasteiger partial charge in [0.2, 0.25) is 5.91 Å². The van der Waals surface area contributed by atoms with Gasteiger partial charge < -0.3 is 10.2 Å². The van der Waals surface area contributed by atoms with Crippen LogP contribution in [0.25, 0.3) is 0 Å². The quantitative estimate of drug-likeness (QED) is 0.706. The first kappa shape index (κ1) is 10.7. The molecule has 2 aliphatic rings.